The number of para-hydroxylation sites is 1. The van der Waals surface area contributed by atoms with Crippen LogP contribution in [-0.2, 0) is 14.1 Å². The summed E-state index contributed by atoms with van der Waals surface area (Å²) >= 11 is 0. The van der Waals surface area contributed by atoms with E-state index in [-0.39, 0.29) is 23.3 Å². The quantitative estimate of drug-likeness (QED) is 0.246. The third kappa shape index (κ3) is 6.80. The predicted molar refractivity (Wildman–Crippen MR) is 114 cm³/mol. The average molecular weight is 448 g/mol. The van der Waals surface area contributed by atoms with Crippen molar-refractivity contribution in [1.29, 1.82) is 0 Å². The first-order chi connectivity index (χ1) is 14.8. The summed E-state index contributed by atoms with van der Waals surface area (Å²) in [5.74, 6) is -0.186. The highest BCUT2D eigenvalue weighted by Gasteiger charge is 2.34. The predicted octanol–water partition coefficient (Wildman–Crippen LogP) is 5.01. The summed E-state index contributed by atoms with van der Waals surface area (Å²) in [5, 5.41) is 13.5. The van der Waals surface area contributed by atoms with Gasteiger partial charge >= 0.3 is 13.7 Å². The summed E-state index contributed by atoms with van der Waals surface area (Å²) in [6.45, 7) is 1.52. The number of nitrogens with zero attached hydrogens (tertiary/aromatic N) is 1. The highest BCUT2D eigenvalue weighted by molar-refractivity contribution is 7.52. The number of non-ortho nitro benzene ring substituents is 1. The van der Waals surface area contributed by atoms with Crippen molar-refractivity contribution < 1.29 is 28.1 Å². The van der Waals surface area contributed by atoms with Crippen LogP contribution in [-0.4, -0.2) is 23.0 Å². The number of rotatable bonds is 9. The number of esters is 1. The first-order valence-electron chi connectivity index (χ1n) is 10.1. The van der Waals surface area contributed by atoms with E-state index < -0.39 is 24.7 Å². The number of hydrogen-bond acceptors (Lipinski definition) is 7. The highest BCUT2D eigenvalue weighted by Crippen LogP contribution is 2.45. The molecule has 0 radical (unpaired) electrons. The normalized spacial score (nSPS) is 17.2. The second-order valence-electron chi connectivity index (χ2n) is 7.29. The van der Waals surface area contributed by atoms with Crippen LogP contribution in [0.1, 0.15) is 39.0 Å². The molecule has 0 aliphatic heterocycles. The lowest BCUT2D eigenvalue weighted by molar-refractivity contribution is -0.384. The van der Waals surface area contributed by atoms with Crippen molar-refractivity contribution >= 4 is 19.4 Å². The van der Waals surface area contributed by atoms with Crippen molar-refractivity contribution in [2.75, 3.05) is 0 Å². The van der Waals surface area contributed by atoms with Gasteiger partial charge in [-0.2, -0.15) is 5.09 Å². The van der Waals surface area contributed by atoms with Gasteiger partial charge in [-0.05, 0) is 56.9 Å². The molecule has 0 aromatic heterocycles. The third-order valence-electron chi connectivity index (χ3n) is 4.78. The van der Waals surface area contributed by atoms with Crippen molar-refractivity contribution in [3.05, 3.63) is 64.7 Å². The van der Waals surface area contributed by atoms with E-state index in [4.69, 9.17) is 13.8 Å². The fourth-order valence-corrected chi connectivity index (χ4v) is 4.72. The molecular weight excluding hydrogens is 423 g/mol. The molecule has 0 amide bonds. The highest BCUT2D eigenvalue weighted by atomic mass is 31.2. The number of carbonyl (C=O) groups is 1. The minimum Gasteiger partial charge on any atom is -0.461 e. The van der Waals surface area contributed by atoms with Crippen molar-refractivity contribution in [1.82, 2.24) is 5.09 Å². The van der Waals surface area contributed by atoms with Crippen molar-refractivity contribution in [3.63, 3.8) is 0 Å². The molecule has 1 aliphatic carbocycles. The zero-order chi connectivity index (χ0) is 22.3. The minimum atomic E-state index is -4.09. The van der Waals surface area contributed by atoms with E-state index in [9.17, 15) is 19.5 Å². The van der Waals surface area contributed by atoms with Gasteiger partial charge in [-0.15, -0.1) is 0 Å². The Bertz CT molecular complexity index is 931. The van der Waals surface area contributed by atoms with E-state index in [1.165, 1.54) is 31.2 Å². The number of nitro groups is 1. The SMILES string of the molecule is CC(NP(=O)(Oc1ccccc1)Oc1ccc([N+](=O)[O-])cc1)C(=O)OC1CCCCC1. The van der Waals surface area contributed by atoms with Crippen LogP contribution in [0.2, 0.25) is 0 Å². The second kappa shape index (κ2) is 10.4. The van der Waals surface area contributed by atoms with E-state index in [1.54, 1.807) is 30.3 Å². The van der Waals surface area contributed by atoms with Gasteiger partial charge in [0.25, 0.3) is 5.69 Å². The molecule has 0 bridgehead atoms. The van der Waals surface area contributed by atoms with Crippen LogP contribution < -0.4 is 14.1 Å². The Morgan fingerprint density at radius 2 is 1.61 bits per heavy atom. The summed E-state index contributed by atoms with van der Waals surface area (Å²) < 4.78 is 30.1. The van der Waals surface area contributed by atoms with E-state index in [1.807, 2.05) is 0 Å². The summed E-state index contributed by atoms with van der Waals surface area (Å²) in [6.07, 6.45) is 4.64. The lowest BCUT2D eigenvalue weighted by atomic mass is 9.98. The molecule has 1 N–H and O–H groups in total. The Balaban J connectivity index is 1.73. The topological polar surface area (TPSA) is 117 Å². The molecule has 2 aromatic carbocycles. The van der Waals surface area contributed by atoms with E-state index >= 15 is 0 Å². The number of nitro benzene ring substituents is 1. The van der Waals surface area contributed by atoms with Gasteiger partial charge in [0.1, 0.15) is 23.6 Å². The maximum Gasteiger partial charge on any atom is 0.513 e. The first-order valence-corrected chi connectivity index (χ1v) is 11.7. The Labute approximate surface area is 180 Å². The maximum absolute atomic E-state index is 13.5. The van der Waals surface area contributed by atoms with Crippen LogP contribution in [0.25, 0.3) is 0 Å². The van der Waals surface area contributed by atoms with Gasteiger partial charge in [-0.25, -0.2) is 4.57 Å². The van der Waals surface area contributed by atoms with Gasteiger partial charge in [0.2, 0.25) is 0 Å². The molecule has 1 aliphatic rings. The Morgan fingerprint density at radius 3 is 2.19 bits per heavy atom. The fourth-order valence-electron chi connectivity index (χ4n) is 3.20. The summed E-state index contributed by atoms with van der Waals surface area (Å²) in [4.78, 5) is 22.8. The average Bonchev–Trinajstić information content (AvgIpc) is 2.75. The van der Waals surface area contributed by atoms with Crippen molar-refractivity contribution in [2.24, 2.45) is 0 Å². The van der Waals surface area contributed by atoms with Crippen LogP contribution in [0.3, 0.4) is 0 Å². The Hall–Kier alpha value is -2.90. The standard InChI is InChI=1S/C21H25N2O7P/c1-16(21(24)28-18-8-4-2-5-9-18)22-31(27,29-19-10-6-3-7-11-19)30-20-14-12-17(13-15-20)23(25)26/h3,6-7,10-16,18H,2,4-5,8-9H2,1H3,(H,22,27). The van der Waals surface area contributed by atoms with Gasteiger partial charge in [0.05, 0.1) is 4.92 Å². The van der Waals surface area contributed by atoms with Gasteiger partial charge in [0.15, 0.2) is 0 Å². The summed E-state index contributed by atoms with van der Waals surface area (Å²) in [6, 6.07) is 12.5. The molecule has 0 saturated heterocycles. The number of ether oxygens (including phenoxy) is 1. The van der Waals surface area contributed by atoms with Gasteiger partial charge < -0.3 is 13.8 Å². The van der Waals surface area contributed by atoms with Gasteiger partial charge in [0, 0.05) is 12.1 Å². The fraction of sp³-hybridized carbons (Fsp3) is 0.381. The summed E-state index contributed by atoms with van der Waals surface area (Å²) in [7, 11) is -4.09. The van der Waals surface area contributed by atoms with Gasteiger partial charge in [-0.3, -0.25) is 14.9 Å². The number of hydrogen-bond donors (Lipinski definition) is 1. The minimum absolute atomic E-state index is 0.0882. The lowest BCUT2D eigenvalue weighted by Crippen LogP contribution is -2.38. The Morgan fingerprint density at radius 1 is 1.03 bits per heavy atom. The van der Waals surface area contributed by atoms with Crippen LogP contribution in [0.15, 0.2) is 54.6 Å². The molecule has 0 heterocycles. The monoisotopic (exact) mass is 448 g/mol. The molecule has 166 valence electrons. The van der Waals surface area contributed by atoms with Crippen LogP contribution in [0, 0.1) is 10.1 Å². The third-order valence-corrected chi connectivity index (χ3v) is 6.39. The van der Waals surface area contributed by atoms with Gasteiger partial charge in [-0.1, -0.05) is 24.6 Å². The molecule has 3 rings (SSSR count). The smallest absolute Gasteiger partial charge is 0.461 e. The zero-order valence-corrected chi connectivity index (χ0v) is 18.0. The summed E-state index contributed by atoms with van der Waals surface area (Å²) in [5.41, 5.74) is -0.136. The molecular formula is C21H25N2O7P. The van der Waals surface area contributed by atoms with E-state index in [2.05, 4.69) is 5.09 Å². The number of benzene rings is 2. The van der Waals surface area contributed by atoms with E-state index in [0.29, 0.717) is 0 Å². The Kier molecular flexibility index (Phi) is 7.65. The van der Waals surface area contributed by atoms with Crippen LogP contribution >= 0.6 is 7.75 Å². The van der Waals surface area contributed by atoms with Crippen LogP contribution in [0.5, 0.6) is 11.5 Å². The van der Waals surface area contributed by atoms with Crippen LogP contribution in [0.4, 0.5) is 5.69 Å². The molecule has 2 aromatic rings. The molecule has 1 fully saturated rings. The first kappa shape index (κ1) is 22.8. The lowest BCUT2D eigenvalue weighted by Gasteiger charge is -2.26. The number of carbonyl (C=O) groups excluding carboxylic acids is 1. The largest absolute Gasteiger partial charge is 0.513 e. The second-order valence-corrected chi connectivity index (χ2v) is 8.91. The molecule has 1 saturated carbocycles. The zero-order valence-electron chi connectivity index (χ0n) is 17.1. The van der Waals surface area contributed by atoms with Crippen molar-refractivity contribution in [2.45, 2.75) is 51.2 Å². The molecule has 2 unspecified atom stereocenters. The van der Waals surface area contributed by atoms with Crippen molar-refractivity contribution in [3.8, 4) is 11.5 Å². The molecule has 2 atom stereocenters. The van der Waals surface area contributed by atoms with E-state index in [0.717, 1.165) is 32.1 Å². The molecule has 31 heavy (non-hydrogen) atoms. The molecule has 10 heteroatoms. The number of nitrogens with one attached hydrogen (secondary N) is 1. The molecule has 0 spiro atoms. The molecule has 9 nitrogen and oxygen atoms in total. The maximum atomic E-state index is 13.5.